The molecule has 2 amide bonds. The first kappa shape index (κ1) is 10.9. The van der Waals surface area contributed by atoms with Crippen molar-refractivity contribution >= 4 is 12.0 Å². The van der Waals surface area contributed by atoms with Gasteiger partial charge in [0.05, 0.1) is 6.42 Å². The standard InChI is InChI=1S/C12H18N2O3/c15-11(16)4-9-5-13(6-9)12(17)14-7-8-1-2-10(14)3-8/h8-10H,1-7H2,(H,15,16). The number of hydrogen-bond acceptors (Lipinski definition) is 2. The van der Waals surface area contributed by atoms with Crippen molar-refractivity contribution in [1.82, 2.24) is 9.80 Å². The van der Waals surface area contributed by atoms with Gasteiger partial charge in [0, 0.05) is 31.6 Å². The highest BCUT2D eigenvalue weighted by atomic mass is 16.4. The summed E-state index contributed by atoms with van der Waals surface area (Å²) < 4.78 is 0. The van der Waals surface area contributed by atoms with Crippen molar-refractivity contribution in [2.24, 2.45) is 11.8 Å². The van der Waals surface area contributed by atoms with Gasteiger partial charge in [-0.15, -0.1) is 0 Å². The minimum absolute atomic E-state index is 0.138. The van der Waals surface area contributed by atoms with E-state index in [2.05, 4.69) is 0 Å². The second-order valence-electron chi connectivity index (χ2n) is 5.64. The van der Waals surface area contributed by atoms with Gasteiger partial charge >= 0.3 is 12.0 Å². The van der Waals surface area contributed by atoms with Gasteiger partial charge in [0.2, 0.25) is 0 Å². The third kappa shape index (κ3) is 1.87. The molecule has 3 rings (SSSR count). The first-order chi connectivity index (χ1) is 8.13. The van der Waals surface area contributed by atoms with Crippen molar-refractivity contribution in [3.63, 3.8) is 0 Å². The van der Waals surface area contributed by atoms with Crippen LogP contribution < -0.4 is 0 Å². The lowest BCUT2D eigenvalue weighted by atomic mass is 9.97. The van der Waals surface area contributed by atoms with Crippen molar-refractivity contribution in [2.45, 2.75) is 31.7 Å². The van der Waals surface area contributed by atoms with Crippen LogP contribution in [0.25, 0.3) is 0 Å². The molecule has 5 nitrogen and oxygen atoms in total. The van der Waals surface area contributed by atoms with Crippen LogP contribution in [0.3, 0.4) is 0 Å². The van der Waals surface area contributed by atoms with Gasteiger partial charge in [-0.05, 0) is 25.2 Å². The summed E-state index contributed by atoms with van der Waals surface area (Å²) >= 11 is 0. The third-order valence-corrected chi connectivity index (χ3v) is 4.35. The molecule has 0 aromatic rings. The van der Waals surface area contributed by atoms with E-state index in [9.17, 15) is 9.59 Å². The lowest BCUT2D eigenvalue weighted by molar-refractivity contribution is -0.139. The summed E-state index contributed by atoms with van der Waals surface area (Å²) in [7, 11) is 0. The number of urea groups is 1. The summed E-state index contributed by atoms with van der Waals surface area (Å²) in [5.74, 6) is 0.124. The highest BCUT2D eigenvalue weighted by Crippen LogP contribution is 2.38. The van der Waals surface area contributed by atoms with Gasteiger partial charge < -0.3 is 14.9 Å². The molecule has 2 atom stereocenters. The number of carboxylic acid groups (broad SMARTS) is 1. The molecule has 2 aliphatic heterocycles. The molecule has 0 radical (unpaired) electrons. The number of fused-ring (bicyclic) bond motifs is 2. The number of nitrogens with zero attached hydrogens (tertiary/aromatic N) is 2. The average Bonchev–Trinajstić information content (AvgIpc) is 2.82. The zero-order valence-electron chi connectivity index (χ0n) is 9.84. The maximum absolute atomic E-state index is 12.2. The van der Waals surface area contributed by atoms with Crippen LogP contribution in [0.5, 0.6) is 0 Å². The predicted molar refractivity (Wildman–Crippen MR) is 60.5 cm³/mol. The second-order valence-corrected chi connectivity index (χ2v) is 5.64. The van der Waals surface area contributed by atoms with E-state index in [0.29, 0.717) is 19.1 Å². The van der Waals surface area contributed by atoms with Crippen molar-refractivity contribution < 1.29 is 14.7 Å². The third-order valence-electron chi connectivity index (χ3n) is 4.35. The van der Waals surface area contributed by atoms with Gasteiger partial charge in [-0.2, -0.15) is 0 Å². The van der Waals surface area contributed by atoms with Gasteiger partial charge in [-0.3, -0.25) is 4.79 Å². The quantitative estimate of drug-likeness (QED) is 0.780. The van der Waals surface area contributed by atoms with E-state index in [1.807, 2.05) is 4.90 Å². The molecule has 2 unspecified atom stereocenters. The summed E-state index contributed by atoms with van der Waals surface area (Å²) in [5, 5.41) is 8.66. The van der Waals surface area contributed by atoms with Gasteiger partial charge in [-0.1, -0.05) is 0 Å². The average molecular weight is 238 g/mol. The van der Waals surface area contributed by atoms with E-state index < -0.39 is 5.97 Å². The van der Waals surface area contributed by atoms with E-state index in [-0.39, 0.29) is 18.4 Å². The number of amides is 2. The van der Waals surface area contributed by atoms with Crippen molar-refractivity contribution in [3.8, 4) is 0 Å². The van der Waals surface area contributed by atoms with Crippen molar-refractivity contribution in [3.05, 3.63) is 0 Å². The maximum atomic E-state index is 12.2. The minimum Gasteiger partial charge on any atom is -0.481 e. The van der Waals surface area contributed by atoms with Crippen molar-refractivity contribution in [2.75, 3.05) is 19.6 Å². The number of piperidine rings is 1. The van der Waals surface area contributed by atoms with E-state index in [0.717, 1.165) is 18.9 Å². The Balaban J connectivity index is 1.50. The number of carbonyl (C=O) groups is 2. The fraction of sp³-hybridized carbons (Fsp3) is 0.833. The highest BCUT2D eigenvalue weighted by molar-refractivity contribution is 5.76. The molecule has 0 aromatic heterocycles. The number of likely N-dealkylation sites (tertiary alicyclic amines) is 2. The zero-order valence-corrected chi connectivity index (χ0v) is 9.84. The Kier molecular flexibility index (Phi) is 2.49. The number of carboxylic acids is 1. The highest BCUT2D eigenvalue weighted by Gasteiger charge is 2.44. The number of carbonyl (C=O) groups excluding carboxylic acids is 1. The van der Waals surface area contributed by atoms with E-state index in [1.165, 1.54) is 12.8 Å². The molecule has 17 heavy (non-hydrogen) atoms. The summed E-state index contributed by atoms with van der Waals surface area (Å²) in [6.45, 7) is 2.17. The largest absolute Gasteiger partial charge is 0.481 e. The molecule has 1 N–H and O–H groups in total. The molecular formula is C12H18N2O3. The molecule has 1 saturated carbocycles. The molecule has 94 valence electrons. The summed E-state index contributed by atoms with van der Waals surface area (Å²) in [4.78, 5) is 26.5. The summed E-state index contributed by atoms with van der Waals surface area (Å²) in [6.07, 6.45) is 3.80. The molecule has 3 aliphatic rings. The Morgan fingerprint density at radius 3 is 2.47 bits per heavy atom. The second kappa shape index (κ2) is 3.89. The summed E-state index contributed by atoms with van der Waals surface area (Å²) in [5.41, 5.74) is 0. The normalized spacial score (nSPS) is 31.8. The predicted octanol–water partition coefficient (Wildman–Crippen LogP) is 0.997. The first-order valence-corrected chi connectivity index (χ1v) is 6.41. The Bertz CT molecular complexity index is 352. The van der Waals surface area contributed by atoms with Crippen LogP contribution in [0.15, 0.2) is 0 Å². The monoisotopic (exact) mass is 238 g/mol. The molecule has 0 aromatic carbocycles. The minimum atomic E-state index is -0.762. The summed E-state index contributed by atoms with van der Waals surface area (Å²) in [6, 6.07) is 0.602. The fourth-order valence-corrected chi connectivity index (χ4v) is 3.44. The van der Waals surface area contributed by atoms with Crippen LogP contribution >= 0.6 is 0 Å². The van der Waals surface area contributed by atoms with E-state index in [4.69, 9.17) is 5.11 Å². The number of aliphatic carboxylic acids is 1. The smallest absolute Gasteiger partial charge is 0.320 e. The topological polar surface area (TPSA) is 60.9 Å². The molecule has 1 aliphatic carbocycles. The van der Waals surface area contributed by atoms with Crippen LogP contribution in [0.2, 0.25) is 0 Å². The van der Waals surface area contributed by atoms with Crippen LogP contribution in [0.1, 0.15) is 25.7 Å². The van der Waals surface area contributed by atoms with Gasteiger partial charge in [-0.25, -0.2) is 4.79 Å². The number of hydrogen-bond donors (Lipinski definition) is 1. The SMILES string of the molecule is O=C(O)CC1CN(C(=O)N2CC3CCC2C3)C1. The Labute approximate surface area is 100 Å². The van der Waals surface area contributed by atoms with Crippen LogP contribution in [0.4, 0.5) is 4.79 Å². The first-order valence-electron chi connectivity index (χ1n) is 6.41. The molecular weight excluding hydrogens is 220 g/mol. The molecule has 2 saturated heterocycles. The van der Waals surface area contributed by atoms with Crippen LogP contribution in [-0.2, 0) is 4.79 Å². The Morgan fingerprint density at radius 2 is 1.94 bits per heavy atom. The van der Waals surface area contributed by atoms with Crippen LogP contribution in [-0.4, -0.2) is 52.6 Å². The van der Waals surface area contributed by atoms with E-state index >= 15 is 0 Å². The number of rotatable bonds is 2. The molecule has 2 bridgehead atoms. The maximum Gasteiger partial charge on any atom is 0.320 e. The molecule has 0 spiro atoms. The van der Waals surface area contributed by atoms with Gasteiger partial charge in [0.25, 0.3) is 0 Å². The fourth-order valence-electron chi connectivity index (χ4n) is 3.44. The van der Waals surface area contributed by atoms with Crippen molar-refractivity contribution in [1.29, 1.82) is 0 Å². The lowest BCUT2D eigenvalue weighted by Gasteiger charge is -2.42. The van der Waals surface area contributed by atoms with E-state index in [1.54, 1.807) is 4.90 Å². The van der Waals surface area contributed by atoms with Crippen LogP contribution in [0, 0.1) is 11.8 Å². The van der Waals surface area contributed by atoms with Gasteiger partial charge in [0.15, 0.2) is 0 Å². The van der Waals surface area contributed by atoms with Gasteiger partial charge in [0.1, 0.15) is 0 Å². The lowest BCUT2D eigenvalue weighted by Crippen LogP contribution is -2.56. The zero-order chi connectivity index (χ0) is 12.0. The molecule has 3 fully saturated rings. The Hall–Kier alpha value is -1.26. The molecule has 2 heterocycles. The Morgan fingerprint density at radius 1 is 1.18 bits per heavy atom. The molecule has 5 heteroatoms.